The van der Waals surface area contributed by atoms with Crippen molar-refractivity contribution in [2.75, 3.05) is 231 Å². The predicted octanol–water partition coefficient (Wildman–Crippen LogP) is -2.15. The van der Waals surface area contributed by atoms with Gasteiger partial charge >= 0.3 is 24.1 Å². The van der Waals surface area contributed by atoms with Crippen molar-refractivity contribution in [1.82, 2.24) is 53.2 Å². The molecule has 0 aromatic heterocycles. The lowest BCUT2D eigenvalue weighted by molar-refractivity contribution is -0.196. The van der Waals surface area contributed by atoms with Crippen LogP contribution in [0.5, 0.6) is 5.75 Å². The first-order valence-corrected chi connectivity index (χ1v) is 45.9. The van der Waals surface area contributed by atoms with Gasteiger partial charge < -0.3 is 180 Å². The molecule has 0 radical (unpaired) electrons. The molecule has 49 heteroatoms. The summed E-state index contributed by atoms with van der Waals surface area (Å²) in [6.45, 7) is 6.88. The van der Waals surface area contributed by atoms with Gasteiger partial charge in [-0.25, -0.2) is 27.6 Å². The molecule has 44 nitrogen and oxygen atoms in total. The topological polar surface area (TPSA) is 596 Å². The summed E-state index contributed by atoms with van der Waals surface area (Å²) in [4.78, 5) is 99.5. The monoisotopic (exact) mass is 1950 g/mol. The Morgan fingerprint density at radius 2 is 0.560 bits per heavy atom. The molecule has 134 heavy (non-hydrogen) atoms. The molecule has 15 atom stereocenters. The number of amides is 10. The number of aliphatic hydroxyl groups excluding tert-OH is 9. The third kappa shape index (κ3) is 50.1. The molecule has 0 spiro atoms. The lowest BCUT2D eigenvalue weighted by Gasteiger charge is -2.42. The van der Waals surface area contributed by atoms with Gasteiger partial charge in [0.25, 0.3) is 0 Å². The number of nitrogens with one attached hydrogen (secondary N) is 10. The fourth-order valence-electron chi connectivity index (χ4n) is 14.0. The summed E-state index contributed by atoms with van der Waals surface area (Å²) in [5, 5.41) is 119. The van der Waals surface area contributed by atoms with Crippen LogP contribution in [0.1, 0.15) is 130 Å². The molecule has 1 aromatic rings. The van der Waals surface area contributed by atoms with E-state index in [1.807, 2.05) is 0 Å². The van der Waals surface area contributed by atoms with Crippen molar-refractivity contribution in [3.63, 3.8) is 0 Å². The number of urea groups is 3. The maximum atomic E-state index is 13.9. The van der Waals surface area contributed by atoms with Crippen LogP contribution in [-0.2, 0) is 99.8 Å². The smallest absolute Gasteiger partial charge is 0.314 e. The van der Waals surface area contributed by atoms with Crippen molar-refractivity contribution in [1.29, 1.82) is 0 Å². The number of benzene rings is 1. The number of carbonyl (C=O) groups is 8. The highest BCUT2D eigenvalue weighted by atomic mass is 19.2. The van der Waals surface area contributed by atoms with E-state index in [0.29, 0.717) is 117 Å². The Labute approximate surface area is 777 Å². The average molecular weight is 1950 g/mol. The molecule has 3 fully saturated rings. The van der Waals surface area contributed by atoms with E-state index in [2.05, 4.69) is 57.9 Å². The third-order valence-corrected chi connectivity index (χ3v) is 21.0. The molecule has 1 aromatic carbocycles. The molecular weight excluding hydrogens is 1800 g/mol. The van der Waals surface area contributed by atoms with Crippen LogP contribution in [0.4, 0.5) is 36.3 Å². The highest BCUT2D eigenvalue weighted by molar-refractivity contribution is 5.77. The molecule has 0 saturated carbocycles. The van der Waals surface area contributed by atoms with Gasteiger partial charge in [0.05, 0.1) is 195 Å². The summed E-state index contributed by atoms with van der Waals surface area (Å²) in [6, 6.07) is -3.88. The molecule has 19 N–H and O–H groups in total. The van der Waals surface area contributed by atoms with Crippen molar-refractivity contribution in [3.8, 4) is 5.75 Å². The van der Waals surface area contributed by atoms with Crippen molar-refractivity contribution >= 4 is 47.7 Å². The van der Waals surface area contributed by atoms with E-state index in [4.69, 9.17) is 75.8 Å². The molecule has 776 valence electrons. The van der Waals surface area contributed by atoms with Crippen LogP contribution in [0.3, 0.4) is 0 Å². The second-order valence-corrected chi connectivity index (χ2v) is 31.9. The largest absolute Gasteiger partial charge is 0.420 e. The zero-order valence-electron chi connectivity index (χ0n) is 77.1. The van der Waals surface area contributed by atoms with Crippen LogP contribution in [0.2, 0.25) is 0 Å². The number of rotatable bonds is 77. The second kappa shape index (κ2) is 72.3. The van der Waals surface area contributed by atoms with Crippen LogP contribution in [0.25, 0.3) is 0 Å². The lowest BCUT2D eigenvalue weighted by atomic mass is 9.90. The molecular formula is C85H147F5N10O34. The maximum absolute atomic E-state index is 13.9. The first-order valence-electron chi connectivity index (χ1n) is 45.9. The summed E-state index contributed by atoms with van der Waals surface area (Å²) >= 11 is 0. The molecule has 4 rings (SSSR count). The van der Waals surface area contributed by atoms with Gasteiger partial charge in [-0.3, -0.25) is 24.0 Å². The lowest BCUT2D eigenvalue weighted by Crippen LogP contribution is -2.63. The van der Waals surface area contributed by atoms with Crippen LogP contribution in [0.15, 0.2) is 0 Å². The number of unbranched alkanes of at least 4 members (excludes halogenated alkanes) is 6. The number of hydrogen-bond acceptors (Lipinski definition) is 34. The summed E-state index contributed by atoms with van der Waals surface area (Å²) < 4.78 is 164. The van der Waals surface area contributed by atoms with Gasteiger partial charge in [0.15, 0.2) is 0 Å². The summed E-state index contributed by atoms with van der Waals surface area (Å²) in [7, 11) is 0. The average Bonchev–Trinajstić information content (AvgIpc) is 0.776. The normalized spacial score (nSPS) is 21.8. The Morgan fingerprint density at radius 1 is 0.299 bits per heavy atom. The van der Waals surface area contributed by atoms with E-state index in [-0.39, 0.29) is 196 Å². The quantitative estimate of drug-likeness (QED) is 0.00825. The van der Waals surface area contributed by atoms with Crippen molar-refractivity contribution in [2.45, 2.75) is 227 Å². The Kier molecular flexibility index (Phi) is 64.4. The van der Waals surface area contributed by atoms with Crippen LogP contribution in [0, 0.1) is 29.1 Å². The Balaban J connectivity index is 1.24. The summed E-state index contributed by atoms with van der Waals surface area (Å²) in [5.41, 5.74) is -1.35. The first-order chi connectivity index (χ1) is 64.6. The zero-order chi connectivity index (χ0) is 98.1. The minimum Gasteiger partial charge on any atom is -0.420 e. The minimum absolute atomic E-state index is 0.0215. The number of carbonyl (C=O) groups excluding carboxylic acids is 8. The van der Waals surface area contributed by atoms with Gasteiger partial charge in [-0.2, -0.15) is 8.78 Å². The SMILES string of the molecule is CC(=O)N[C@@H]1[C@@H](O)[C@@H](O)[C@@H](CO)O[C@@H]1CCCCCOCCOCCNC(=O)NCCCOCC(COCCCNC(=O)NCCOCCOCCCCC[C@H]1O[C@H](CO)[C@H](O)[C@H](O)[C@H]1NC(C)=O)(COCCCNC(=O)NCCOCCOCCCCC[C@H]1O[C@H](CO)[C@H](O)[C@H](O)[C@H]1NC(C)=O)NC(=O)CCOCCOCCOCCOCCC(=O)Oc1c(F)c(F)c(F)c(F)c1F. The first kappa shape index (κ1) is 119. The fourth-order valence-corrected chi connectivity index (χ4v) is 14.0. The van der Waals surface area contributed by atoms with Gasteiger partial charge in [-0.15, -0.1) is 0 Å². The predicted molar refractivity (Wildman–Crippen MR) is 462 cm³/mol. The minimum atomic E-state index is -2.41. The van der Waals surface area contributed by atoms with Crippen LogP contribution in [-0.4, -0.2) is 421 Å². The maximum Gasteiger partial charge on any atom is 0.314 e. The number of hydrogen-bond donors (Lipinski definition) is 19. The standard InChI is InChI=1S/C85H147F5N10O34/c1-56(104)97-72-59(131-62(50-101)75(109)78(72)112)16-7-4-10-27-118-38-43-123-35-24-94-82(115)91-21-13-30-128-53-85(100-65(107)19-33-121-41-46-126-48-49-127-47-42-122-34-20-66(108)134-81-70(89)68(87)67(86)69(88)71(81)90,54-129-31-14-22-92-83(116)95-25-36-124-44-39-119-28-11-5-8-17-60-73(98-57(2)105)79(113)76(110)63(51-102)132-60)55-130-32-15-23-93-84(117)96-26-37-125-45-40-120-29-12-6-9-18-61-74(99-58(3)106)80(114)77(111)64(52-103)133-61/h59-64,72-80,101-103,109-114H,4-55H2,1-3H3,(H,97,104)(H,98,105)(H,99,106)(H,100,107)(H2,91,94,115)(H2,92,95,116)(H2,93,96,117)/t59-,60-,61-,62-,63-,64-,72+,73+,74+,75+,76+,77+,78-,79-,80-/m1/s1. The molecule has 3 heterocycles. The number of esters is 1. The number of halogens is 5. The van der Waals surface area contributed by atoms with Crippen molar-refractivity contribution < 1.29 is 187 Å². The van der Waals surface area contributed by atoms with Gasteiger partial charge in [0, 0.05) is 106 Å². The zero-order valence-corrected chi connectivity index (χ0v) is 77.1. The molecule has 0 bridgehead atoms. The third-order valence-electron chi connectivity index (χ3n) is 21.0. The van der Waals surface area contributed by atoms with Crippen LogP contribution >= 0.6 is 0 Å². The molecule has 0 unspecified atom stereocenters. The van der Waals surface area contributed by atoms with E-state index >= 15 is 0 Å². The highest BCUT2D eigenvalue weighted by Gasteiger charge is 2.47. The number of aliphatic hydroxyl groups is 9. The van der Waals surface area contributed by atoms with Crippen molar-refractivity contribution in [2.24, 2.45) is 0 Å². The van der Waals surface area contributed by atoms with Gasteiger partial charge in [0.2, 0.25) is 58.5 Å². The van der Waals surface area contributed by atoms with E-state index in [0.717, 1.165) is 19.3 Å². The Hall–Kier alpha value is -6.97. The van der Waals surface area contributed by atoms with E-state index in [9.17, 15) is 106 Å². The molecule has 3 aliphatic heterocycles. The summed E-state index contributed by atoms with van der Waals surface area (Å²) in [6.07, 6.45) is -4.73. The van der Waals surface area contributed by atoms with Gasteiger partial charge in [-0.1, -0.05) is 38.5 Å². The van der Waals surface area contributed by atoms with Crippen LogP contribution < -0.4 is 57.9 Å². The Morgan fingerprint density at radius 3 is 0.858 bits per heavy atom. The molecule has 3 saturated heterocycles. The number of ether oxygens (including phenoxy) is 17. The van der Waals surface area contributed by atoms with E-state index in [1.54, 1.807) is 0 Å². The summed E-state index contributed by atoms with van der Waals surface area (Å²) in [5.74, 6) is -16.2. The van der Waals surface area contributed by atoms with E-state index < -0.39 is 188 Å². The van der Waals surface area contributed by atoms with Crippen molar-refractivity contribution in [3.05, 3.63) is 29.1 Å². The molecule has 10 amide bonds. The second-order valence-electron chi connectivity index (χ2n) is 31.9. The Bertz CT molecular complexity index is 3130. The highest BCUT2D eigenvalue weighted by Crippen LogP contribution is 2.31. The van der Waals surface area contributed by atoms with E-state index in [1.165, 1.54) is 20.8 Å². The van der Waals surface area contributed by atoms with Gasteiger partial charge in [0.1, 0.15) is 60.5 Å². The fraction of sp³-hybridized carbons (Fsp3) is 0.835. The molecule has 3 aliphatic rings. The molecule has 0 aliphatic carbocycles. The van der Waals surface area contributed by atoms with Gasteiger partial charge in [-0.05, 0) is 57.8 Å².